The molecule has 0 atom stereocenters. The lowest BCUT2D eigenvalue weighted by molar-refractivity contribution is 1.31. The molecule has 1 heterocycles. The molecule has 2 aromatic carbocycles. The van der Waals surface area contributed by atoms with Crippen LogP contribution in [-0.2, 0) is 0 Å². The van der Waals surface area contributed by atoms with Crippen LogP contribution in [0.1, 0.15) is 0 Å². The van der Waals surface area contributed by atoms with Crippen LogP contribution in [0.4, 0.5) is 5.69 Å². The molecule has 0 fully saturated rings. The highest BCUT2D eigenvalue weighted by atomic mass is 79.9. The minimum atomic E-state index is -0.232. The second-order valence-corrected chi connectivity index (χ2v) is 5.54. The smallest absolute Gasteiger partial charge is 0.237 e. The number of halogens is 1. The summed E-state index contributed by atoms with van der Waals surface area (Å²) in [7, 11) is 0. The van der Waals surface area contributed by atoms with Crippen LogP contribution in [0.2, 0.25) is 0 Å². The summed E-state index contributed by atoms with van der Waals surface area (Å²) in [6.45, 7) is 0. The minimum Gasteiger partial charge on any atom is -0.338 e. The molecule has 0 unspecified atom stereocenters. The van der Waals surface area contributed by atoms with Gasteiger partial charge in [-0.3, -0.25) is 5.43 Å². The van der Waals surface area contributed by atoms with Crippen molar-refractivity contribution in [1.29, 1.82) is 10.5 Å². The first-order chi connectivity index (χ1) is 11.2. The number of nitrogens with one attached hydrogen (secondary N) is 2. The van der Waals surface area contributed by atoms with Crippen molar-refractivity contribution in [3.63, 3.8) is 0 Å². The molecule has 23 heavy (non-hydrogen) atoms. The first-order valence-electron chi connectivity index (χ1n) is 6.59. The Balaban J connectivity index is 1.94. The van der Waals surface area contributed by atoms with E-state index in [0.29, 0.717) is 5.69 Å². The van der Waals surface area contributed by atoms with Gasteiger partial charge in [0.2, 0.25) is 5.71 Å². The van der Waals surface area contributed by atoms with Gasteiger partial charge < -0.3 is 4.98 Å². The van der Waals surface area contributed by atoms with E-state index in [2.05, 4.69) is 36.4 Å². The molecule has 6 nitrogen and oxygen atoms in total. The number of hydrogen-bond acceptors (Lipinski definition) is 5. The molecule has 0 aliphatic heterocycles. The van der Waals surface area contributed by atoms with Gasteiger partial charge in [-0.15, -0.1) is 0 Å². The van der Waals surface area contributed by atoms with E-state index in [1.54, 1.807) is 18.2 Å². The quantitative estimate of drug-likeness (QED) is 0.544. The molecule has 0 radical (unpaired) electrons. The average Bonchev–Trinajstić information content (AvgIpc) is 2.99. The number of fused-ring (bicyclic) bond motifs is 1. The first kappa shape index (κ1) is 14.8. The van der Waals surface area contributed by atoms with E-state index >= 15 is 0 Å². The van der Waals surface area contributed by atoms with Crippen molar-refractivity contribution in [1.82, 2.24) is 9.97 Å². The van der Waals surface area contributed by atoms with Gasteiger partial charge in [-0.25, -0.2) is 4.98 Å². The molecule has 2 N–H and O–H groups in total. The molecule has 3 aromatic rings. The molecule has 0 saturated carbocycles. The van der Waals surface area contributed by atoms with Gasteiger partial charge in [0.25, 0.3) is 0 Å². The number of anilines is 1. The Kier molecular flexibility index (Phi) is 4.05. The summed E-state index contributed by atoms with van der Waals surface area (Å²) in [5.41, 5.74) is 5.79. The molecule has 0 aliphatic carbocycles. The monoisotopic (exact) mass is 364 g/mol. The number of nitriles is 2. The highest BCUT2D eigenvalue weighted by Crippen LogP contribution is 2.24. The Hall–Kier alpha value is -3.16. The zero-order chi connectivity index (χ0) is 16.2. The van der Waals surface area contributed by atoms with E-state index in [1.807, 2.05) is 36.4 Å². The highest BCUT2D eigenvalue weighted by molar-refractivity contribution is 9.10. The van der Waals surface area contributed by atoms with Gasteiger partial charge in [-0.1, -0.05) is 28.1 Å². The van der Waals surface area contributed by atoms with Crippen LogP contribution in [0, 0.1) is 22.7 Å². The molecule has 0 amide bonds. The Labute approximate surface area is 140 Å². The number of aromatic amines is 1. The summed E-state index contributed by atoms with van der Waals surface area (Å²) in [4.78, 5) is 7.81. The van der Waals surface area contributed by atoms with Gasteiger partial charge in [-0.2, -0.15) is 15.6 Å². The maximum absolute atomic E-state index is 8.68. The van der Waals surface area contributed by atoms with E-state index in [9.17, 15) is 0 Å². The van der Waals surface area contributed by atoms with Crippen molar-refractivity contribution in [3.05, 3.63) is 46.9 Å². The lowest BCUT2D eigenvalue weighted by Crippen LogP contribution is -1.96. The van der Waals surface area contributed by atoms with Gasteiger partial charge in [0.05, 0.1) is 16.7 Å². The predicted octanol–water partition coefficient (Wildman–Crippen LogP) is 3.81. The fourth-order valence-electron chi connectivity index (χ4n) is 2.05. The van der Waals surface area contributed by atoms with Crippen LogP contribution in [0.3, 0.4) is 0 Å². The number of imidazole rings is 1. The number of hydrogen-bond donors (Lipinski definition) is 2. The highest BCUT2D eigenvalue weighted by Gasteiger charge is 2.06. The van der Waals surface area contributed by atoms with Crippen LogP contribution in [-0.4, -0.2) is 15.7 Å². The lowest BCUT2D eigenvalue weighted by atomic mass is 10.2. The van der Waals surface area contributed by atoms with Crippen LogP contribution >= 0.6 is 15.9 Å². The number of aromatic nitrogens is 2. The third kappa shape index (κ3) is 3.20. The standard InChI is InChI=1S/C16H9BrN6/c17-11-4-5-14-15(7-11)21-16(20-14)10-2-1-3-12(6-10)22-23-13(8-18)9-19/h1-7,22H,(H,20,21). The van der Waals surface area contributed by atoms with Crippen molar-refractivity contribution in [2.45, 2.75) is 0 Å². The molecular weight excluding hydrogens is 356 g/mol. The van der Waals surface area contributed by atoms with E-state index in [-0.39, 0.29) is 5.71 Å². The Morgan fingerprint density at radius 1 is 1.17 bits per heavy atom. The topological polar surface area (TPSA) is 101 Å². The van der Waals surface area contributed by atoms with Gasteiger partial charge in [0.15, 0.2) is 0 Å². The minimum absolute atomic E-state index is 0.232. The molecule has 0 bridgehead atoms. The summed E-state index contributed by atoms with van der Waals surface area (Å²) in [6.07, 6.45) is 0. The zero-order valence-corrected chi connectivity index (χ0v) is 13.3. The van der Waals surface area contributed by atoms with E-state index in [1.165, 1.54) is 0 Å². The fraction of sp³-hybridized carbons (Fsp3) is 0. The van der Waals surface area contributed by atoms with E-state index in [4.69, 9.17) is 10.5 Å². The van der Waals surface area contributed by atoms with Gasteiger partial charge in [-0.05, 0) is 30.3 Å². The summed E-state index contributed by atoms with van der Waals surface area (Å²) in [5, 5.41) is 21.1. The van der Waals surface area contributed by atoms with E-state index < -0.39 is 0 Å². The predicted molar refractivity (Wildman–Crippen MR) is 91.5 cm³/mol. The fourth-order valence-corrected chi connectivity index (χ4v) is 2.41. The third-order valence-electron chi connectivity index (χ3n) is 3.09. The van der Waals surface area contributed by atoms with Crippen LogP contribution < -0.4 is 5.43 Å². The second-order valence-electron chi connectivity index (χ2n) is 4.62. The molecule has 0 aliphatic rings. The van der Waals surface area contributed by atoms with Gasteiger partial charge in [0.1, 0.15) is 18.0 Å². The molecule has 0 spiro atoms. The molecular formula is C16H9BrN6. The number of hydrazone groups is 1. The van der Waals surface area contributed by atoms with Crippen LogP contribution in [0.25, 0.3) is 22.4 Å². The van der Waals surface area contributed by atoms with Gasteiger partial charge >= 0.3 is 0 Å². The Morgan fingerprint density at radius 3 is 2.78 bits per heavy atom. The molecule has 7 heteroatoms. The van der Waals surface area contributed by atoms with Crippen molar-refractivity contribution in [3.8, 4) is 23.5 Å². The van der Waals surface area contributed by atoms with Gasteiger partial charge in [0, 0.05) is 10.0 Å². The molecule has 0 saturated heterocycles. The molecule has 1 aromatic heterocycles. The number of rotatable bonds is 3. The third-order valence-corrected chi connectivity index (χ3v) is 3.58. The summed E-state index contributed by atoms with van der Waals surface area (Å²) < 4.78 is 0.977. The summed E-state index contributed by atoms with van der Waals surface area (Å²) in [5.74, 6) is 0.728. The number of nitrogens with zero attached hydrogens (tertiary/aromatic N) is 4. The largest absolute Gasteiger partial charge is 0.338 e. The average molecular weight is 365 g/mol. The zero-order valence-electron chi connectivity index (χ0n) is 11.7. The lowest BCUT2D eigenvalue weighted by Gasteiger charge is -2.02. The van der Waals surface area contributed by atoms with Crippen LogP contribution in [0.15, 0.2) is 52.0 Å². The SMILES string of the molecule is N#CC(C#N)=NNc1cccc(-c2nc3ccc(Br)cc3[nH]2)c1. The number of benzene rings is 2. The van der Waals surface area contributed by atoms with Crippen molar-refractivity contribution < 1.29 is 0 Å². The Morgan fingerprint density at radius 2 is 2.00 bits per heavy atom. The second kappa shape index (κ2) is 6.30. The van der Waals surface area contributed by atoms with Crippen molar-refractivity contribution in [2.75, 3.05) is 5.43 Å². The Bertz CT molecular complexity index is 974. The summed E-state index contributed by atoms with van der Waals surface area (Å²) in [6, 6.07) is 16.6. The maximum Gasteiger partial charge on any atom is 0.237 e. The summed E-state index contributed by atoms with van der Waals surface area (Å²) >= 11 is 3.43. The number of H-pyrrole nitrogens is 1. The normalized spacial score (nSPS) is 9.87. The first-order valence-corrected chi connectivity index (χ1v) is 7.38. The van der Waals surface area contributed by atoms with Crippen molar-refractivity contribution >= 4 is 38.4 Å². The van der Waals surface area contributed by atoms with Crippen LogP contribution in [0.5, 0.6) is 0 Å². The molecule has 110 valence electrons. The van der Waals surface area contributed by atoms with E-state index in [0.717, 1.165) is 26.9 Å². The molecule has 3 rings (SSSR count). The maximum atomic E-state index is 8.68. The van der Waals surface area contributed by atoms with Crippen molar-refractivity contribution in [2.24, 2.45) is 5.10 Å².